The second-order valence-electron chi connectivity index (χ2n) is 3.69. The first-order chi connectivity index (χ1) is 8.61. The molecule has 0 bridgehead atoms. The lowest BCUT2D eigenvalue weighted by atomic mass is 10.2. The number of nitrogens with zero attached hydrogens (tertiary/aromatic N) is 3. The molecule has 1 aromatic carbocycles. The average Bonchev–Trinajstić information content (AvgIpc) is 2.69. The van der Waals surface area contributed by atoms with E-state index in [9.17, 15) is 4.39 Å². The molecule has 0 radical (unpaired) electrons. The van der Waals surface area contributed by atoms with E-state index in [1.807, 2.05) is 11.6 Å². The summed E-state index contributed by atoms with van der Waals surface area (Å²) in [6, 6.07) is 4.37. The Balaban J connectivity index is 2.09. The fourth-order valence-electron chi connectivity index (χ4n) is 1.43. The first-order valence-corrected chi connectivity index (χ1v) is 6.63. The zero-order chi connectivity index (χ0) is 13.1. The van der Waals surface area contributed by atoms with Crippen LogP contribution in [0.2, 0.25) is 5.02 Å². The summed E-state index contributed by atoms with van der Waals surface area (Å²) < 4.78 is 14.7. The predicted molar refractivity (Wildman–Crippen MR) is 69.9 cm³/mol. The highest BCUT2D eigenvalue weighted by Crippen LogP contribution is 2.26. The van der Waals surface area contributed by atoms with Gasteiger partial charge in [-0.3, -0.25) is 0 Å². The van der Waals surface area contributed by atoms with Crippen molar-refractivity contribution >= 4 is 23.4 Å². The monoisotopic (exact) mass is 286 g/mol. The molecule has 0 fully saturated rings. The number of hydrogen-bond acceptors (Lipinski definition) is 4. The number of benzene rings is 1. The molecule has 1 heterocycles. The maximum atomic E-state index is 12.9. The van der Waals surface area contributed by atoms with Gasteiger partial charge in [0.15, 0.2) is 5.16 Å². The number of hydrogen-bond donors (Lipinski definition) is 1. The van der Waals surface area contributed by atoms with Gasteiger partial charge in [0.05, 0.1) is 6.54 Å². The third kappa shape index (κ3) is 2.82. The van der Waals surface area contributed by atoms with Crippen molar-refractivity contribution in [3.05, 3.63) is 40.4 Å². The van der Waals surface area contributed by atoms with Crippen LogP contribution in [0.25, 0.3) is 0 Å². The fourth-order valence-corrected chi connectivity index (χ4v) is 2.68. The van der Waals surface area contributed by atoms with Gasteiger partial charge in [-0.05, 0) is 17.7 Å². The van der Waals surface area contributed by atoms with Crippen LogP contribution in [0.4, 0.5) is 4.39 Å². The molecule has 2 rings (SSSR count). The van der Waals surface area contributed by atoms with Crippen molar-refractivity contribution in [2.24, 2.45) is 12.8 Å². The average molecular weight is 287 g/mol. The van der Waals surface area contributed by atoms with E-state index in [1.54, 1.807) is 6.07 Å². The zero-order valence-electron chi connectivity index (χ0n) is 9.73. The normalized spacial score (nSPS) is 10.9. The van der Waals surface area contributed by atoms with Gasteiger partial charge in [0.2, 0.25) is 0 Å². The summed E-state index contributed by atoms with van der Waals surface area (Å²) >= 11 is 7.44. The van der Waals surface area contributed by atoms with Crippen LogP contribution in [0.15, 0.2) is 23.4 Å². The summed E-state index contributed by atoms with van der Waals surface area (Å²) in [4.78, 5) is 0. The third-order valence-electron chi connectivity index (χ3n) is 2.48. The zero-order valence-corrected chi connectivity index (χ0v) is 11.3. The van der Waals surface area contributed by atoms with Crippen LogP contribution in [0.3, 0.4) is 0 Å². The smallest absolute Gasteiger partial charge is 0.191 e. The summed E-state index contributed by atoms with van der Waals surface area (Å²) in [5, 5.41) is 9.16. The summed E-state index contributed by atoms with van der Waals surface area (Å²) in [5.74, 6) is 0.996. The maximum absolute atomic E-state index is 12.9. The molecule has 0 aliphatic heterocycles. The largest absolute Gasteiger partial charge is 0.324 e. The Morgan fingerprint density at radius 1 is 1.44 bits per heavy atom. The van der Waals surface area contributed by atoms with Crippen LogP contribution in [0.1, 0.15) is 11.4 Å². The van der Waals surface area contributed by atoms with Crippen molar-refractivity contribution in [3.63, 3.8) is 0 Å². The van der Waals surface area contributed by atoms with Crippen molar-refractivity contribution in [1.29, 1.82) is 0 Å². The predicted octanol–water partition coefficient (Wildman–Crippen LogP) is 2.36. The molecular weight excluding hydrogens is 275 g/mol. The lowest BCUT2D eigenvalue weighted by Crippen LogP contribution is -2.05. The summed E-state index contributed by atoms with van der Waals surface area (Å²) in [6.07, 6.45) is 0. The SMILES string of the molecule is Cn1c(CN)nnc1SCc1ccc(F)cc1Cl. The molecule has 0 saturated carbocycles. The fraction of sp³-hybridized carbons (Fsp3) is 0.273. The van der Waals surface area contributed by atoms with Crippen molar-refractivity contribution in [1.82, 2.24) is 14.8 Å². The van der Waals surface area contributed by atoms with E-state index < -0.39 is 0 Å². The molecule has 1 aromatic heterocycles. The van der Waals surface area contributed by atoms with Gasteiger partial charge in [0, 0.05) is 17.8 Å². The molecule has 4 nitrogen and oxygen atoms in total. The first-order valence-electron chi connectivity index (χ1n) is 5.27. The number of rotatable bonds is 4. The third-order valence-corrected chi connectivity index (χ3v) is 3.90. The Kier molecular flexibility index (Phi) is 4.21. The van der Waals surface area contributed by atoms with Gasteiger partial charge in [-0.15, -0.1) is 10.2 Å². The van der Waals surface area contributed by atoms with Gasteiger partial charge in [0.1, 0.15) is 11.6 Å². The van der Waals surface area contributed by atoms with Gasteiger partial charge in [-0.2, -0.15) is 0 Å². The highest BCUT2D eigenvalue weighted by molar-refractivity contribution is 7.98. The van der Waals surface area contributed by atoms with Crippen LogP contribution in [0, 0.1) is 5.82 Å². The Morgan fingerprint density at radius 2 is 2.22 bits per heavy atom. The van der Waals surface area contributed by atoms with E-state index >= 15 is 0 Å². The van der Waals surface area contributed by atoms with Crippen LogP contribution >= 0.6 is 23.4 Å². The number of thioether (sulfide) groups is 1. The lowest BCUT2D eigenvalue weighted by molar-refractivity contribution is 0.627. The molecule has 18 heavy (non-hydrogen) atoms. The van der Waals surface area contributed by atoms with Crippen LogP contribution in [-0.2, 0) is 19.3 Å². The van der Waals surface area contributed by atoms with Gasteiger partial charge in [0.25, 0.3) is 0 Å². The Morgan fingerprint density at radius 3 is 2.83 bits per heavy atom. The van der Waals surface area contributed by atoms with E-state index in [-0.39, 0.29) is 5.82 Å². The number of halogens is 2. The van der Waals surface area contributed by atoms with Gasteiger partial charge in [-0.1, -0.05) is 29.4 Å². The Hall–Kier alpha value is -1.11. The maximum Gasteiger partial charge on any atom is 0.191 e. The molecule has 96 valence electrons. The molecule has 2 N–H and O–H groups in total. The Labute approximate surface area is 113 Å². The molecule has 0 unspecified atom stereocenters. The van der Waals surface area contributed by atoms with Gasteiger partial charge < -0.3 is 10.3 Å². The summed E-state index contributed by atoms with van der Waals surface area (Å²) in [5.41, 5.74) is 6.38. The Bertz CT molecular complexity index is 558. The van der Waals surface area contributed by atoms with E-state index in [2.05, 4.69) is 10.2 Å². The minimum atomic E-state index is -0.335. The highest BCUT2D eigenvalue weighted by Gasteiger charge is 2.09. The number of nitrogens with two attached hydrogens (primary N) is 1. The molecular formula is C11H12ClFN4S. The minimum Gasteiger partial charge on any atom is -0.324 e. The number of aromatic nitrogens is 3. The molecule has 0 spiro atoms. The van der Waals surface area contributed by atoms with Gasteiger partial charge >= 0.3 is 0 Å². The molecule has 0 saturated heterocycles. The molecule has 0 atom stereocenters. The van der Waals surface area contributed by atoms with E-state index in [0.717, 1.165) is 16.5 Å². The van der Waals surface area contributed by atoms with Crippen LogP contribution < -0.4 is 5.73 Å². The molecule has 7 heteroatoms. The topological polar surface area (TPSA) is 56.7 Å². The first kappa shape index (κ1) is 13.3. The summed E-state index contributed by atoms with van der Waals surface area (Å²) in [7, 11) is 1.86. The molecule has 2 aromatic rings. The van der Waals surface area contributed by atoms with Crippen LogP contribution in [0.5, 0.6) is 0 Å². The van der Waals surface area contributed by atoms with E-state index in [4.69, 9.17) is 17.3 Å². The lowest BCUT2D eigenvalue weighted by Gasteiger charge is -2.04. The van der Waals surface area contributed by atoms with Crippen LogP contribution in [-0.4, -0.2) is 14.8 Å². The van der Waals surface area contributed by atoms with Crippen molar-refractivity contribution in [2.45, 2.75) is 17.5 Å². The standard InChI is InChI=1S/C11H12ClFN4S/c1-17-10(5-14)15-16-11(17)18-6-7-2-3-8(13)4-9(7)12/h2-4H,5-6,14H2,1H3. The van der Waals surface area contributed by atoms with Gasteiger partial charge in [-0.25, -0.2) is 4.39 Å². The second-order valence-corrected chi connectivity index (χ2v) is 5.04. The molecule has 0 aliphatic carbocycles. The molecule has 0 amide bonds. The van der Waals surface area contributed by atoms with Crippen molar-refractivity contribution in [3.8, 4) is 0 Å². The summed E-state index contributed by atoms with van der Waals surface area (Å²) in [6.45, 7) is 0.349. The van der Waals surface area contributed by atoms with E-state index in [0.29, 0.717) is 17.3 Å². The van der Waals surface area contributed by atoms with Crippen molar-refractivity contribution in [2.75, 3.05) is 0 Å². The molecule has 0 aliphatic rings. The van der Waals surface area contributed by atoms with Crippen molar-refractivity contribution < 1.29 is 4.39 Å². The second kappa shape index (κ2) is 5.69. The highest BCUT2D eigenvalue weighted by atomic mass is 35.5. The minimum absolute atomic E-state index is 0.335. The quantitative estimate of drug-likeness (QED) is 0.877. The van der Waals surface area contributed by atoms with E-state index in [1.165, 1.54) is 23.9 Å².